The Morgan fingerprint density at radius 3 is 2.40 bits per heavy atom. The zero-order chi connectivity index (χ0) is 15.0. The molecule has 0 radical (unpaired) electrons. The molecular formula is C15H18BrNO3. The highest BCUT2D eigenvalue weighted by atomic mass is 79.9. The van der Waals surface area contributed by atoms with Crippen LogP contribution in [-0.4, -0.2) is 23.5 Å². The number of carboxylic acids is 1. The summed E-state index contributed by atoms with van der Waals surface area (Å²) in [5.74, 6) is -0.756. The van der Waals surface area contributed by atoms with Crippen molar-refractivity contribution >= 4 is 33.5 Å². The number of rotatable bonds is 4. The molecule has 1 fully saturated rings. The van der Waals surface area contributed by atoms with Crippen LogP contribution in [0.15, 0.2) is 10.5 Å². The fraction of sp³-hybridized carbons (Fsp3) is 0.467. The molecule has 0 aromatic heterocycles. The van der Waals surface area contributed by atoms with Crippen LogP contribution in [0.4, 0.5) is 5.69 Å². The molecule has 0 saturated heterocycles. The van der Waals surface area contributed by atoms with E-state index in [1.807, 2.05) is 13.8 Å². The summed E-state index contributed by atoms with van der Waals surface area (Å²) in [4.78, 5) is 25.5. The summed E-state index contributed by atoms with van der Waals surface area (Å²) in [6, 6.07) is 1.60. The maximum atomic E-state index is 12.4. The van der Waals surface area contributed by atoms with Crippen LogP contribution >= 0.6 is 15.9 Å². The van der Waals surface area contributed by atoms with E-state index in [1.165, 1.54) is 0 Å². The lowest BCUT2D eigenvalue weighted by Crippen LogP contribution is -2.33. The van der Waals surface area contributed by atoms with Crippen molar-refractivity contribution in [1.29, 1.82) is 0 Å². The minimum absolute atomic E-state index is 0.105. The van der Waals surface area contributed by atoms with Crippen LogP contribution in [0.3, 0.4) is 0 Å². The Kier molecular flexibility index (Phi) is 4.18. The third-order valence-corrected chi connectivity index (χ3v) is 4.58. The molecule has 0 atom stereocenters. The van der Waals surface area contributed by atoms with Crippen molar-refractivity contribution in [3.8, 4) is 0 Å². The summed E-state index contributed by atoms with van der Waals surface area (Å²) < 4.78 is 0.720. The number of aromatic carboxylic acids is 1. The minimum atomic E-state index is -0.973. The zero-order valence-electron chi connectivity index (χ0n) is 11.9. The Balaban J connectivity index is 2.58. The van der Waals surface area contributed by atoms with Gasteiger partial charge in [0.05, 0.1) is 11.3 Å². The highest BCUT2D eigenvalue weighted by molar-refractivity contribution is 9.10. The predicted octanol–water partition coefficient (Wildman–Crippen LogP) is 3.53. The normalized spacial score (nSPS) is 14.2. The predicted molar refractivity (Wildman–Crippen MR) is 81.3 cm³/mol. The average molecular weight is 340 g/mol. The highest BCUT2D eigenvalue weighted by Crippen LogP contribution is 2.38. The SMILES string of the molecule is CCN(C(=O)C1CC1)c1c(C)c(Br)cc(C(=O)O)c1C. The smallest absolute Gasteiger partial charge is 0.336 e. The molecule has 0 spiro atoms. The van der Waals surface area contributed by atoms with E-state index in [4.69, 9.17) is 0 Å². The number of carboxylic acid groups (broad SMARTS) is 1. The Morgan fingerprint density at radius 2 is 1.95 bits per heavy atom. The van der Waals surface area contributed by atoms with Gasteiger partial charge in [0.2, 0.25) is 5.91 Å². The second-order valence-electron chi connectivity index (χ2n) is 5.17. The molecule has 4 nitrogen and oxygen atoms in total. The summed E-state index contributed by atoms with van der Waals surface area (Å²) in [7, 11) is 0. The van der Waals surface area contributed by atoms with Gasteiger partial charge in [0.1, 0.15) is 0 Å². The van der Waals surface area contributed by atoms with Gasteiger partial charge in [0.15, 0.2) is 0 Å². The van der Waals surface area contributed by atoms with Crippen molar-refractivity contribution in [2.75, 3.05) is 11.4 Å². The summed E-state index contributed by atoms with van der Waals surface area (Å²) >= 11 is 3.40. The lowest BCUT2D eigenvalue weighted by atomic mass is 10.0. The summed E-state index contributed by atoms with van der Waals surface area (Å²) in [6.07, 6.45) is 1.88. The van der Waals surface area contributed by atoms with Crippen molar-refractivity contribution in [3.05, 3.63) is 27.2 Å². The quantitative estimate of drug-likeness (QED) is 0.912. The van der Waals surface area contributed by atoms with E-state index in [1.54, 1.807) is 17.9 Å². The van der Waals surface area contributed by atoms with E-state index >= 15 is 0 Å². The molecule has 1 aromatic rings. The first-order valence-electron chi connectivity index (χ1n) is 6.72. The zero-order valence-corrected chi connectivity index (χ0v) is 13.5. The Bertz CT molecular complexity index is 579. The van der Waals surface area contributed by atoms with E-state index in [0.717, 1.165) is 28.6 Å². The number of anilines is 1. The largest absolute Gasteiger partial charge is 0.478 e. The molecule has 1 saturated carbocycles. The second kappa shape index (κ2) is 5.56. The topological polar surface area (TPSA) is 57.6 Å². The average Bonchev–Trinajstić information content (AvgIpc) is 3.22. The number of carbonyl (C=O) groups excluding carboxylic acids is 1. The van der Waals surface area contributed by atoms with Gasteiger partial charge < -0.3 is 10.0 Å². The summed E-state index contributed by atoms with van der Waals surface area (Å²) in [6.45, 7) is 6.13. The van der Waals surface area contributed by atoms with Gasteiger partial charge in [-0.15, -0.1) is 0 Å². The molecule has 0 unspecified atom stereocenters. The highest BCUT2D eigenvalue weighted by Gasteiger charge is 2.35. The number of hydrogen-bond donors (Lipinski definition) is 1. The van der Waals surface area contributed by atoms with Crippen molar-refractivity contribution in [2.45, 2.75) is 33.6 Å². The second-order valence-corrected chi connectivity index (χ2v) is 6.02. The van der Waals surface area contributed by atoms with Gasteiger partial charge >= 0.3 is 5.97 Å². The molecule has 0 aliphatic heterocycles. The Morgan fingerprint density at radius 1 is 1.35 bits per heavy atom. The van der Waals surface area contributed by atoms with E-state index < -0.39 is 5.97 Å². The molecule has 20 heavy (non-hydrogen) atoms. The van der Waals surface area contributed by atoms with E-state index in [2.05, 4.69) is 15.9 Å². The van der Waals surface area contributed by atoms with Crippen LogP contribution in [-0.2, 0) is 4.79 Å². The van der Waals surface area contributed by atoms with Crippen LogP contribution < -0.4 is 4.90 Å². The minimum Gasteiger partial charge on any atom is -0.478 e. The van der Waals surface area contributed by atoms with Gasteiger partial charge in [-0.1, -0.05) is 15.9 Å². The van der Waals surface area contributed by atoms with Crippen LogP contribution in [0.5, 0.6) is 0 Å². The van der Waals surface area contributed by atoms with Crippen molar-refractivity contribution in [3.63, 3.8) is 0 Å². The maximum Gasteiger partial charge on any atom is 0.336 e. The molecule has 1 aromatic carbocycles. The molecular weight excluding hydrogens is 322 g/mol. The number of amides is 1. The number of hydrogen-bond acceptors (Lipinski definition) is 2. The number of nitrogens with zero attached hydrogens (tertiary/aromatic N) is 1. The van der Waals surface area contributed by atoms with Gasteiger partial charge in [0, 0.05) is 16.9 Å². The lowest BCUT2D eigenvalue weighted by molar-refractivity contribution is -0.119. The monoisotopic (exact) mass is 339 g/mol. The fourth-order valence-corrected chi connectivity index (χ4v) is 2.88. The molecule has 0 heterocycles. The fourth-order valence-electron chi connectivity index (χ4n) is 2.47. The van der Waals surface area contributed by atoms with Crippen molar-refractivity contribution < 1.29 is 14.7 Å². The number of carbonyl (C=O) groups is 2. The van der Waals surface area contributed by atoms with Crippen molar-refractivity contribution in [1.82, 2.24) is 0 Å². The maximum absolute atomic E-state index is 12.4. The Hall–Kier alpha value is -1.36. The third kappa shape index (κ3) is 2.59. The molecule has 2 rings (SSSR count). The van der Waals surface area contributed by atoms with Gasteiger partial charge in [-0.2, -0.15) is 0 Å². The van der Waals surface area contributed by atoms with Crippen molar-refractivity contribution in [2.24, 2.45) is 5.92 Å². The summed E-state index contributed by atoms with van der Waals surface area (Å²) in [5, 5.41) is 9.30. The van der Waals surface area contributed by atoms with Crippen LogP contribution in [0.1, 0.15) is 41.3 Å². The molecule has 1 aliphatic carbocycles. The molecule has 1 aliphatic rings. The number of halogens is 1. The first-order valence-corrected chi connectivity index (χ1v) is 7.52. The lowest BCUT2D eigenvalue weighted by Gasteiger charge is -2.26. The molecule has 108 valence electrons. The van der Waals surface area contributed by atoms with Gasteiger partial charge in [0.25, 0.3) is 0 Å². The van der Waals surface area contributed by atoms with Crippen LogP contribution in [0, 0.1) is 19.8 Å². The third-order valence-electron chi connectivity index (χ3n) is 3.75. The standard InChI is InChI=1S/C15H18BrNO3/c1-4-17(14(18)10-5-6-10)13-8(2)11(15(19)20)7-12(16)9(13)3/h7,10H,4-6H2,1-3H3,(H,19,20). The Labute approximate surface area is 126 Å². The first-order chi connectivity index (χ1) is 9.38. The van der Waals surface area contributed by atoms with Crippen LogP contribution in [0.25, 0.3) is 0 Å². The van der Waals surface area contributed by atoms with Gasteiger partial charge in [-0.05, 0) is 50.8 Å². The first kappa shape index (κ1) is 15.0. The van der Waals surface area contributed by atoms with Crippen LogP contribution in [0.2, 0.25) is 0 Å². The molecule has 0 bridgehead atoms. The molecule has 1 N–H and O–H groups in total. The number of benzene rings is 1. The van der Waals surface area contributed by atoms with Gasteiger partial charge in [-0.3, -0.25) is 4.79 Å². The summed E-state index contributed by atoms with van der Waals surface area (Å²) in [5.41, 5.74) is 2.52. The van der Waals surface area contributed by atoms with E-state index in [0.29, 0.717) is 12.1 Å². The molecule has 5 heteroatoms. The van der Waals surface area contributed by atoms with E-state index in [-0.39, 0.29) is 17.4 Å². The van der Waals surface area contributed by atoms with E-state index in [9.17, 15) is 14.7 Å². The molecule has 1 amide bonds. The van der Waals surface area contributed by atoms with Gasteiger partial charge in [-0.25, -0.2) is 4.79 Å².